The van der Waals surface area contributed by atoms with Gasteiger partial charge in [0.2, 0.25) is 0 Å². The van der Waals surface area contributed by atoms with Crippen LogP contribution in [0.25, 0.3) is 0 Å². The maximum Gasteiger partial charge on any atom is 0.141 e. The lowest BCUT2D eigenvalue weighted by atomic mass is 10.1. The molecule has 0 fully saturated rings. The molecule has 15 heavy (non-hydrogen) atoms. The number of aromatic amines is 1. The fraction of sp³-hybridized carbons (Fsp3) is 0.400. The lowest BCUT2D eigenvalue weighted by Crippen LogP contribution is -2.18. The number of hydrogen-bond donors (Lipinski definition) is 2. The van der Waals surface area contributed by atoms with Gasteiger partial charge in [-0.15, -0.1) is 0 Å². The highest BCUT2D eigenvalue weighted by molar-refractivity contribution is 7.07. The van der Waals surface area contributed by atoms with Crippen molar-refractivity contribution in [3.8, 4) is 0 Å². The third-order valence-corrected chi connectivity index (χ3v) is 3.15. The molecule has 0 saturated heterocycles. The number of hydrogen-bond acceptors (Lipinski definition) is 4. The molecular formula is C10H14N4S. The molecule has 4 nitrogen and oxygen atoms in total. The van der Waals surface area contributed by atoms with Crippen LogP contribution in [0.4, 0.5) is 0 Å². The molecule has 0 bridgehead atoms. The molecule has 0 aliphatic heterocycles. The van der Waals surface area contributed by atoms with Gasteiger partial charge in [-0.3, -0.25) is 5.10 Å². The zero-order valence-corrected chi connectivity index (χ0v) is 9.42. The minimum Gasteiger partial charge on any atom is -0.310 e. The maximum absolute atomic E-state index is 4.16. The van der Waals surface area contributed by atoms with Gasteiger partial charge in [0.05, 0.1) is 6.04 Å². The van der Waals surface area contributed by atoms with Crippen LogP contribution in [0.1, 0.15) is 23.9 Å². The van der Waals surface area contributed by atoms with Crippen molar-refractivity contribution in [2.24, 2.45) is 0 Å². The summed E-state index contributed by atoms with van der Waals surface area (Å²) in [5.74, 6) is 0.910. The molecule has 0 amide bonds. The Hall–Kier alpha value is -1.20. The molecule has 5 heteroatoms. The number of nitrogens with one attached hydrogen (secondary N) is 2. The summed E-state index contributed by atoms with van der Waals surface area (Å²) < 4.78 is 0. The van der Waals surface area contributed by atoms with Gasteiger partial charge in [0.15, 0.2) is 0 Å². The molecule has 2 rings (SSSR count). The number of aromatic nitrogens is 3. The van der Waals surface area contributed by atoms with E-state index in [-0.39, 0.29) is 6.04 Å². The SMILES string of the molecule is CNC(CCc1ccsc1)c1ncn[nH]1. The molecular weight excluding hydrogens is 208 g/mol. The van der Waals surface area contributed by atoms with Crippen LogP contribution in [0.5, 0.6) is 0 Å². The normalized spacial score (nSPS) is 12.9. The summed E-state index contributed by atoms with van der Waals surface area (Å²) in [6.07, 6.45) is 3.64. The highest BCUT2D eigenvalue weighted by Gasteiger charge is 2.11. The van der Waals surface area contributed by atoms with E-state index >= 15 is 0 Å². The standard InChI is InChI=1S/C10H14N4S/c1-11-9(10-12-7-13-14-10)3-2-8-4-5-15-6-8/h4-7,9,11H,2-3H2,1H3,(H,12,13,14). The third kappa shape index (κ3) is 2.64. The Kier molecular flexibility index (Phi) is 3.47. The van der Waals surface area contributed by atoms with Crippen molar-refractivity contribution in [3.05, 3.63) is 34.5 Å². The van der Waals surface area contributed by atoms with Crippen molar-refractivity contribution in [1.82, 2.24) is 20.5 Å². The average Bonchev–Trinajstić information content (AvgIpc) is 2.90. The van der Waals surface area contributed by atoms with E-state index in [1.807, 2.05) is 7.05 Å². The zero-order valence-electron chi connectivity index (χ0n) is 8.60. The van der Waals surface area contributed by atoms with Crippen LogP contribution in [-0.2, 0) is 6.42 Å². The molecule has 2 aromatic rings. The molecule has 0 spiro atoms. The Balaban J connectivity index is 1.92. The zero-order chi connectivity index (χ0) is 10.5. The van der Waals surface area contributed by atoms with E-state index < -0.39 is 0 Å². The molecule has 2 N–H and O–H groups in total. The number of rotatable bonds is 5. The van der Waals surface area contributed by atoms with Crippen LogP contribution in [0.2, 0.25) is 0 Å². The van der Waals surface area contributed by atoms with Gasteiger partial charge in [0, 0.05) is 0 Å². The summed E-state index contributed by atoms with van der Waals surface area (Å²) >= 11 is 1.74. The lowest BCUT2D eigenvalue weighted by molar-refractivity contribution is 0.522. The van der Waals surface area contributed by atoms with Crippen molar-refractivity contribution in [3.63, 3.8) is 0 Å². The van der Waals surface area contributed by atoms with Crippen molar-refractivity contribution < 1.29 is 0 Å². The molecule has 80 valence electrons. The Morgan fingerprint density at radius 1 is 1.60 bits per heavy atom. The molecule has 0 aliphatic rings. The first kappa shape index (κ1) is 10.3. The van der Waals surface area contributed by atoms with Gasteiger partial charge in [-0.2, -0.15) is 16.4 Å². The van der Waals surface area contributed by atoms with Crippen LogP contribution in [-0.4, -0.2) is 22.2 Å². The number of thiophene rings is 1. The minimum absolute atomic E-state index is 0.257. The summed E-state index contributed by atoms with van der Waals surface area (Å²) in [6, 6.07) is 2.42. The lowest BCUT2D eigenvalue weighted by Gasteiger charge is -2.11. The molecule has 1 atom stereocenters. The van der Waals surface area contributed by atoms with E-state index in [4.69, 9.17) is 0 Å². The predicted molar refractivity (Wildman–Crippen MR) is 60.8 cm³/mol. The largest absolute Gasteiger partial charge is 0.310 e. The van der Waals surface area contributed by atoms with Gasteiger partial charge in [-0.1, -0.05) is 0 Å². The van der Waals surface area contributed by atoms with E-state index in [0.717, 1.165) is 18.7 Å². The van der Waals surface area contributed by atoms with Crippen LogP contribution in [0.3, 0.4) is 0 Å². The van der Waals surface area contributed by atoms with E-state index in [1.165, 1.54) is 5.56 Å². The van der Waals surface area contributed by atoms with Gasteiger partial charge >= 0.3 is 0 Å². The summed E-state index contributed by atoms with van der Waals surface area (Å²) in [5.41, 5.74) is 1.39. The van der Waals surface area contributed by atoms with Crippen molar-refractivity contribution in [2.45, 2.75) is 18.9 Å². The minimum atomic E-state index is 0.257. The summed E-state index contributed by atoms with van der Waals surface area (Å²) in [7, 11) is 1.95. The maximum atomic E-state index is 4.16. The first-order valence-corrected chi connectivity index (χ1v) is 5.88. The summed E-state index contributed by atoms with van der Waals surface area (Å²) in [4.78, 5) is 4.16. The van der Waals surface area contributed by atoms with Crippen LogP contribution >= 0.6 is 11.3 Å². The smallest absolute Gasteiger partial charge is 0.141 e. The van der Waals surface area contributed by atoms with Crippen LogP contribution in [0, 0.1) is 0 Å². The monoisotopic (exact) mass is 222 g/mol. The van der Waals surface area contributed by atoms with Gasteiger partial charge in [0.1, 0.15) is 12.2 Å². The van der Waals surface area contributed by atoms with E-state index in [2.05, 4.69) is 37.3 Å². The van der Waals surface area contributed by atoms with Crippen molar-refractivity contribution in [1.29, 1.82) is 0 Å². The second kappa shape index (κ2) is 5.04. The summed E-state index contributed by atoms with van der Waals surface area (Å²) in [5, 5.41) is 14.3. The van der Waals surface area contributed by atoms with Crippen molar-refractivity contribution >= 4 is 11.3 Å². The van der Waals surface area contributed by atoms with Gasteiger partial charge in [0.25, 0.3) is 0 Å². The van der Waals surface area contributed by atoms with Crippen LogP contribution < -0.4 is 5.32 Å². The van der Waals surface area contributed by atoms with Gasteiger partial charge in [-0.05, 0) is 42.3 Å². The number of H-pyrrole nitrogens is 1. The molecule has 0 saturated carbocycles. The van der Waals surface area contributed by atoms with Gasteiger partial charge < -0.3 is 5.32 Å². The summed E-state index contributed by atoms with van der Waals surface area (Å²) in [6.45, 7) is 0. The Morgan fingerprint density at radius 3 is 3.13 bits per heavy atom. The fourth-order valence-electron chi connectivity index (χ4n) is 1.55. The first-order chi connectivity index (χ1) is 7.40. The third-order valence-electron chi connectivity index (χ3n) is 2.41. The number of aryl methyl sites for hydroxylation is 1. The topological polar surface area (TPSA) is 53.6 Å². The average molecular weight is 222 g/mol. The number of nitrogens with zero attached hydrogens (tertiary/aromatic N) is 2. The molecule has 0 aliphatic carbocycles. The Morgan fingerprint density at radius 2 is 2.53 bits per heavy atom. The second-order valence-corrected chi connectivity index (χ2v) is 4.16. The highest BCUT2D eigenvalue weighted by Crippen LogP contribution is 2.16. The van der Waals surface area contributed by atoms with E-state index in [9.17, 15) is 0 Å². The quantitative estimate of drug-likeness (QED) is 0.810. The second-order valence-electron chi connectivity index (χ2n) is 3.38. The van der Waals surface area contributed by atoms with E-state index in [0.29, 0.717) is 0 Å². The predicted octanol–water partition coefficient (Wildman–Crippen LogP) is 1.76. The molecule has 0 aromatic carbocycles. The Labute approximate surface area is 92.8 Å². The van der Waals surface area contributed by atoms with E-state index in [1.54, 1.807) is 17.7 Å². The fourth-order valence-corrected chi connectivity index (χ4v) is 2.25. The van der Waals surface area contributed by atoms with Gasteiger partial charge in [-0.25, -0.2) is 4.98 Å². The Bertz CT molecular complexity index is 368. The molecule has 1 unspecified atom stereocenters. The van der Waals surface area contributed by atoms with Crippen LogP contribution in [0.15, 0.2) is 23.2 Å². The molecule has 2 heterocycles. The first-order valence-electron chi connectivity index (χ1n) is 4.93. The van der Waals surface area contributed by atoms with Crippen molar-refractivity contribution in [2.75, 3.05) is 7.05 Å². The highest BCUT2D eigenvalue weighted by atomic mass is 32.1. The molecule has 0 radical (unpaired) electrons. The molecule has 2 aromatic heterocycles.